The molecule has 0 bridgehead atoms. The van der Waals surface area contributed by atoms with Gasteiger partial charge in [0.15, 0.2) is 5.82 Å². The average molecular weight is 237 g/mol. The second kappa shape index (κ2) is 5.96. The number of anilines is 1. The lowest BCUT2D eigenvalue weighted by molar-refractivity contribution is 0.0573. The van der Waals surface area contributed by atoms with Crippen molar-refractivity contribution in [3.8, 4) is 0 Å². The van der Waals surface area contributed by atoms with E-state index in [0.29, 0.717) is 11.8 Å². The predicted octanol–water partition coefficient (Wildman–Crippen LogP) is 2.99. The summed E-state index contributed by atoms with van der Waals surface area (Å²) >= 11 is 0. The van der Waals surface area contributed by atoms with Crippen molar-refractivity contribution in [2.75, 3.05) is 19.5 Å². The summed E-state index contributed by atoms with van der Waals surface area (Å²) in [7, 11) is 3.57. The van der Waals surface area contributed by atoms with Gasteiger partial charge in [0.25, 0.3) is 0 Å². The van der Waals surface area contributed by atoms with Crippen LogP contribution in [0.15, 0.2) is 6.07 Å². The molecule has 1 N–H and O–H groups in total. The summed E-state index contributed by atoms with van der Waals surface area (Å²) in [6, 6.07) is 1.99. The minimum absolute atomic E-state index is 0.0548. The summed E-state index contributed by atoms with van der Waals surface area (Å²) in [4.78, 5) is 9.08. The van der Waals surface area contributed by atoms with Crippen LogP contribution in [-0.2, 0) is 4.74 Å². The average Bonchev–Trinajstić information content (AvgIpc) is 2.28. The Bertz CT molecular complexity index is 364. The first-order chi connectivity index (χ1) is 7.99. The van der Waals surface area contributed by atoms with E-state index in [4.69, 9.17) is 4.74 Å². The van der Waals surface area contributed by atoms with Crippen LogP contribution >= 0.6 is 0 Å². The van der Waals surface area contributed by atoms with Crippen molar-refractivity contribution in [1.82, 2.24) is 9.97 Å². The van der Waals surface area contributed by atoms with E-state index >= 15 is 0 Å². The largest absolute Gasteiger partial charge is 0.373 e. The van der Waals surface area contributed by atoms with Crippen molar-refractivity contribution in [3.05, 3.63) is 17.6 Å². The maximum Gasteiger partial charge on any atom is 0.159 e. The Labute approximate surface area is 104 Å². The third-order valence-electron chi connectivity index (χ3n) is 2.72. The van der Waals surface area contributed by atoms with E-state index < -0.39 is 0 Å². The minimum atomic E-state index is -0.0548. The molecule has 1 aromatic rings. The maximum atomic E-state index is 5.48. The van der Waals surface area contributed by atoms with E-state index in [2.05, 4.69) is 43.0 Å². The monoisotopic (exact) mass is 237 g/mol. The summed E-state index contributed by atoms with van der Waals surface area (Å²) in [6.07, 6.45) is -0.0548. The van der Waals surface area contributed by atoms with E-state index in [1.165, 1.54) is 0 Å². The first kappa shape index (κ1) is 13.9. The van der Waals surface area contributed by atoms with Gasteiger partial charge in [0, 0.05) is 25.9 Å². The number of nitrogens with one attached hydrogen (secondary N) is 1. The molecule has 0 spiro atoms. The van der Waals surface area contributed by atoms with Crippen LogP contribution in [0, 0.1) is 5.92 Å². The van der Waals surface area contributed by atoms with Gasteiger partial charge in [-0.1, -0.05) is 27.7 Å². The van der Waals surface area contributed by atoms with Gasteiger partial charge in [0.2, 0.25) is 0 Å². The van der Waals surface area contributed by atoms with Gasteiger partial charge < -0.3 is 10.1 Å². The lowest BCUT2D eigenvalue weighted by Gasteiger charge is -2.19. The van der Waals surface area contributed by atoms with Gasteiger partial charge in [0.05, 0.1) is 0 Å². The van der Waals surface area contributed by atoms with E-state index in [-0.39, 0.29) is 6.10 Å². The number of nitrogens with zero attached hydrogens (tertiary/aromatic N) is 2. The predicted molar refractivity (Wildman–Crippen MR) is 70.3 cm³/mol. The zero-order chi connectivity index (χ0) is 13.0. The highest BCUT2D eigenvalue weighted by molar-refractivity contribution is 5.36. The van der Waals surface area contributed by atoms with Crippen LogP contribution in [0.3, 0.4) is 0 Å². The van der Waals surface area contributed by atoms with E-state index in [1.807, 2.05) is 13.1 Å². The standard InChI is InChI=1S/C13H23N3O/c1-8(2)10-7-11(14-5)16-13(15-10)12(17-6)9(3)4/h7-9,12H,1-6H3,(H,14,15,16). The second-order valence-corrected chi connectivity index (χ2v) is 4.84. The minimum Gasteiger partial charge on any atom is -0.373 e. The van der Waals surface area contributed by atoms with Crippen molar-refractivity contribution < 1.29 is 4.74 Å². The van der Waals surface area contributed by atoms with Crippen molar-refractivity contribution in [3.63, 3.8) is 0 Å². The molecule has 4 nitrogen and oxygen atoms in total. The fourth-order valence-electron chi connectivity index (χ4n) is 1.71. The van der Waals surface area contributed by atoms with Gasteiger partial charge in [-0.05, 0) is 11.8 Å². The molecule has 0 fully saturated rings. The molecule has 96 valence electrons. The number of ether oxygens (including phenoxy) is 1. The summed E-state index contributed by atoms with van der Waals surface area (Å²) in [5, 5.41) is 3.07. The molecule has 1 aromatic heterocycles. The summed E-state index contributed by atoms with van der Waals surface area (Å²) in [5.41, 5.74) is 1.04. The summed E-state index contributed by atoms with van der Waals surface area (Å²) in [6.45, 7) is 8.47. The molecule has 1 heterocycles. The molecule has 0 aliphatic rings. The normalized spacial score (nSPS) is 13.2. The topological polar surface area (TPSA) is 47.0 Å². The van der Waals surface area contributed by atoms with Crippen LogP contribution < -0.4 is 5.32 Å². The molecule has 0 saturated carbocycles. The molecule has 1 rings (SSSR count). The smallest absolute Gasteiger partial charge is 0.159 e. The molecule has 1 unspecified atom stereocenters. The van der Waals surface area contributed by atoms with Crippen LogP contribution in [-0.4, -0.2) is 24.1 Å². The van der Waals surface area contributed by atoms with Crippen molar-refractivity contribution >= 4 is 5.82 Å². The fourth-order valence-corrected chi connectivity index (χ4v) is 1.71. The van der Waals surface area contributed by atoms with Crippen LogP contribution in [0.1, 0.15) is 51.2 Å². The number of methoxy groups -OCH3 is 1. The first-order valence-corrected chi connectivity index (χ1v) is 6.09. The van der Waals surface area contributed by atoms with Crippen LogP contribution in [0.25, 0.3) is 0 Å². The lowest BCUT2D eigenvalue weighted by atomic mass is 10.1. The molecule has 0 aliphatic carbocycles. The molecule has 0 aromatic carbocycles. The lowest BCUT2D eigenvalue weighted by Crippen LogP contribution is -2.15. The number of aromatic nitrogens is 2. The van der Waals surface area contributed by atoms with Crippen LogP contribution in [0.4, 0.5) is 5.82 Å². The van der Waals surface area contributed by atoms with E-state index in [0.717, 1.165) is 17.3 Å². The Morgan fingerprint density at radius 2 is 1.82 bits per heavy atom. The quantitative estimate of drug-likeness (QED) is 0.855. The molecular weight excluding hydrogens is 214 g/mol. The van der Waals surface area contributed by atoms with Gasteiger partial charge in [0.1, 0.15) is 11.9 Å². The molecule has 0 amide bonds. The Morgan fingerprint density at radius 1 is 1.18 bits per heavy atom. The highest BCUT2D eigenvalue weighted by atomic mass is 16.5. The zero-order valence-corrected chi connectivity index (χ0v) is 11.6. The van der Waals surface area contributed by atoms with E-state index in [1.54, 1.807) is 7.11 Å². The van der Waals surface area contributed by atoms with Crippen LogP contribution in [0.5, 0.6) is 0 Å². The third-order valence-corrected chi connectivity index (χ3v) is 2.72. The number of hydrogen-bond acceptors (Lipinski definition) is 4. The molecule has 0 saturated heterocycles. The highest BCUT2D eigenvalue weighted by Crippen LogP contribution is 2.25. The third kappa shape index (κ3) is 3.40. The Morgan fingerprint density at radius 3 is 2.24 bits per heavy atom. The SMILES string of the molecule is CNc1cc(C(C)C)nc(C(OC)C(C)C)n1. The molecular formula is C13H23N3O. The summed E-state index contributed by atoms with van der Waals surface area (Å²) in [5.74, 6) is 2.35. The van der Waals surface area contributed by atoms with Gasteiger partial charge in [-0.3, -0.25) is 0 Å². The molecule has 4 heteroatoms. The molecule has 17 heavy (non-hydrogen) atoms. The van der Waals surface area contributed by atoms with Crippen molar-refractivity contribution in [1.29, 1.82) is 0 Å². The highest BCUT2D eigenvalue weighted by Gasteiger charge is 2.20. The molecule has 1 atom stereocenters. The van der Waals surface area contributed by atoms with Gasteiger partial charge in [-0.25, -0.2) is 9.97 Å². The Balaban J connectivity index is 3.17. The van der Waals surface area contributed by atoms with Crippen LogP contribution in [0.2, 0.25) is 0 Å². The fraction of sp³-hybridized carbons (Fsp3) is 0.692. The van der Waals surface area contributed by atoms with Crippen molar-refractivity contribution in [2.45, 2.75) is 39.7 Å². The Kier molecular flexibility index (Phi) is 4.87. The molecule has 0 radical (unpaired) electrons. The zero-order valence-electron chi connectivity index (χ0n) is 11.6. The first-order valence-electron chi connectivity index (χ1n) is 6.09. The van der Waals surface area contributed by atoms with E-state index in [9.17, 15) is 0 Å². The van der Waals surface area contributed by atoms with Crippen molar-refractivity contribution in [2.24, 2.45) is 5.92 Å². The molecule has 0 aliphatic heterocycles. The number of rotatable bonds is 5. The Hall–Kier alpha value is -1.16. The maximum absolute atomic E-state index is 5.48. The second-order valence-electron chi connectivity index (χ2n) is 4.84. The number of hydrogen-bond donors (Lipinski definition) is 1. The summed E-state index contributed by atoms with van der Waals surface area (Å²) < 4.78 is 5.48. The van der Waals surface area contributed by atoms with Gasteiger partial charge >= 0.3 is 0 Å². The van der Waals surface area contributed by atoms with Gasteiger partial charge in [-0.15, -0.1) is 0 Å². The van der Waals surface area contributed by atoms with Gasteiger partial charge in [-0.2, -0.15) is 0 Å².